The summed E-state index contributed by atoms with van der Waals surface area (Å²) >= 11 is 0. The van der Waals surface area contributed by atoms with E-state index in [1.165, 1.54) is 0 Å². The zero-order valence-corrected chi connectivity index (χ0v) is 13.1. The normalized spacial score (nSPS) is 15.3. The van der Waals surface area contributed by atoms with Crippen LogP contribution < -0.4 is 10.0 Å². The zero-order chi connectivity index (χ0) is 14.6. The van der Waals surface area contributed by atoms with Gasteiger partial charge < -0.3 is 5.32 Å². The molecule has 0 unspecified atom stereocenters. The number of fused-ring (bicyclic) bond motifs is 1. The van der Waals surface area contributed by atoms with E-state index in [0.717, 1.165) is 43.5 Å². The van der Waals surface area contributed by atoms with Gasteiger partial charge in [-0.05, 0) is 48.9 Å². The third-order valence-electron chi connectivity index (χ3n) is 3.64. The predicted octanol–water partition coefficient (Wildman–Crippen LogP) is 2.05. The van der Waals surface area contributed by atoms with Crippen LogP contribution in [0.4, 0.5) is 0 Å². The van der Waals surface area contributed by atoms with Crippen LogP contribution in [-0.4, -0.2) is 21.5 Å². The van der Waals surface area contributed by atoms with E-state index in [0.29, 0.717) is 17.4 Å². The van der Waals surface area contributed by atoms with Gasteiger partial charge >= 0.3 is 0 Å². The van der Waals surface area contributed by atoms with E-state index < -0.39 is 10.0 Å². The number of hydrogen-bond donors (Lipinski definition) is 2. The fourth-order valence-electron chi connectivity index (χ4n) is 2.54. The summed E-state index contributed by atoms with van der Waals surface area (Å²) in [5.74, 6) is 0.607. The van der Waals surface area contributed by atoms with Gasteiger partial charge in [0.25, 0.3) is 0 Å². The molecule has 2 rings (SSSR count). The summed E-state index contributed by atoms with van der Waals surface area (Å²) in [5.41, 5.74) is 2.07. The molecule has 0 radical (unpaired) electrons. The van der Waals surface area contributed by atoms with Gasteiger partial charge in [0.05, 0.1) is 4.90 Å². The van der Waals surface area contributed by atoms with Gasteiger partial charge in [0, 0.05) is 13.1 Å². The van der Waals surface area contributed by atoms with Crippen LogP contribution in [0.2, 0.25) is 0 Å². The van der Waals surface area contributed by atoms with Crippen LogP contribution in [0.3, 0.4) is 0 Å². The smallest absolute Gasteiger partial charge is 0.240 e. The van der Waals surface area contributed by atoms with Crippen molar-refractivity contribution in [3.8, 4) is 0 Å². The molecule has 0 amide bonds. The van der Waals surface area contributed by atoms with Crippen molar-refractivity contribution in [3.05, 3.63) is 29.3 Å². The third kappa shape index (κ3) is 3.81. The van der Waals surface area contributed by atoms with Crippen LogP contribution in [0.15, 0.2) is 23.1 Å². The van der Waals surface area contributed by atoms with E-state index in [4.69, 9.17) is 0 Å². The minimum Gasteiger partial charge on any atom is -0.312 e. The lowest BCUT2D eigenvalue weighted by molar-refractivity contribution is 0.538. The summed E-state index contributed by atoms with van der Waals surface area (Å²) in [4.78, 5) is 0.459. The second-order valence-corrected chi connectivity index (χ2v) is 7.49. The second kappa shape index (κ2) is 6.70. The molecule has 0 saturated carbocycles. The third-order valence-corrected chi connectivity index (χ3v) is 5.18. The van der Waals surface area contributed by atoms with Crippen LogP contribution in [0.5, 0.6) is 0 Å². The Morgan fingerprint density at radius 2 is 2.15 bits per heavy atom. The van der Waals surface area contributed by atoms with Crippen molar-refractivity contribution in [2.24, 2.45) is 5.92 Å². The Hall–Kier alpha value is -0.910. The van der Waals surface area contributed by atoms with E-state index in [2.05, 4.69) is 23.9 Å². The van der Waals surface area contributed by atoms with Gasteiger partial charge in [-0.25, -0.2) is 13.1 Å². The molecule has 20 heavy (non-hydrogen) atoms. The molecule has 2 N–H and O–H groups in total. The molecule has 1 aliphatic heterocycles. The molecular formula is C15H24N2O2S. The summed E-state index contributed by atoms with van der Waals surface area (Å²) in [6.45, 7) is 6.41. The molecule has 1 aromatic rings. The highest BCUT2D eigenvalue weighted by molar-refractivity contribution is 7.89. The molecule has 112 valence electrons. The van der Waals surface area contributed by atoms with Crippen molar-refractivity contribution in [1.29, 1.82) is 0 Å². The molecule has 0 bridgehead atoms. The maximum atomic E-state index is 12.4. The number of nitrogens with one attached hydrogen (secondary N) is 2. The Morgan fingerprint density at radius 3 is 2.90 bits per heavy atom. The van der Waals surface area contributed by atoms with Crippen LogP contribution in [0.1, 0.15) is 37.8 Å². The number of sulfonamides is 1. The Labute approximate surface area is 122 Å². The quantitative estimate of drug-likeness (QED) is 0.790. The molecule has 0 fully saturated rings. The van der Waals surface area contributed by atoms with Crippen LogP contribution >= 0.6 is 0 Å². The van der Waals surface area contributed by atoms with Crippen molar-refractivity contribution in [2.45, 2.75) is 44.6 Å². The molecule has 4 nitrogen and oxygen atoms in total. The highest BCUT2D eigenvalue weighted by Crippen LogP contribution is 2.22. The molecule has 0 atom stereocenters. The minimum atomic E-state index is -3.38. The predicted molar refractivity (Wildman–Crippen MR) is 81.1 cm³/mol. The number of hydrogen-bond acceptors (Lipinski definition) is 3. The second-order valence-electron chi connectivity index (χ2n) is 5.75. The first-order valence-electron chi connectivity index (χ1n) is 7.32. The van der Waals surface area contributed by atoms with Crippen molar-refractivity contribution in [3.63, 3.8) is 0 Å². The molecular weight excluding hydrogens is 272 g/mol. The molecule has 5 heteroatoms. The standard InChI is InChI=1S/C15H24N2O2S/c1-12(2)5-4-9-17-20(18,19)15-7-3-6-13-11-16-10-8-14(13)15/h3,6-7,12,16-17H,4-5,8-11H2,1-2H3. The fourth-order valence-corrected chi connectivity index (χ4v) is 3.93. The lowest BCUT2D eigenvalue weighted by Gasteiger charge is -2.20. The van der Waals surface area contributed by atoms with E-state index >= 15 is 0 Å². The molecule has 0 aromatic heterocycles. The van der Waals surface area contributed by atoms with Crippen LogP contribution in [0.25, 0.3) is 0 Å². The van der Waals surface area contributed by atoms with Crippen molar-refractivity contribution in [2.75, 3.05) is 13.1 Å². The maximum Gasteiger partial charge on any atom is 0.240 e. The highest BCUT2D eigenvalue weighted by Gasteiger charge is 2.21. The topological polar surface area (TPSA) is 58.2 Å². The van der Waals surface area contributed by atoms with Gasteiger partial charge in [-0.15, -0.1) is 0 Å². The molecule has 1 heterocycles. The first kappa shape index (κ1) is 15.5. The number of benzene rings is 1. The zero-order valence-electron chi connectivity index (χ0n) is 12.3. The van der Waals surface area contributed by atoms with E-state index in [9.17, 15) is 8.42 Å². The van der Waals surface area contributed by atoms with Gasteiger partial charge in [-0.3, -0.25) is 0 Å². The summed E-state index contributed by atoms with van der Waals surface area (Å²) in [6, 6.07) is 5.54. The largest absolute Gasteiger partial charge is 0.312 e. The average molecular weight is 296 g/mol. The minimum absolute atomic E-state index is 0.459. The first-order valence-corrected chi connectivity index (χ1v) is 8.80. The van der Waals surface area contributed by atoms with Crippen LogP contribution in [-0.2, 0) is 23.0 Å². The SMILES string of the molecule is CC(C)CCCNS(=O)(=O)c1cccc2c1CCNC2. The lowest BCUT2D eigenvalue weighted by Crippen LogP contribution is -2.30. The van der Waals surface area contributed by atoms with Gasteiger partial charge in [0.2, 0.25) is 10.0 Å². The lowest BCUT2D eigenvalue weighted by atomic mass is 10.0. The Balaban J connectivity index is 2.09. The maximum absolute atomic E-state index is 12.4. The van der Waals surface area contributed by atoms with Crippen molar-refractivity contribution < 1.29 is 8.42 Å². The Morgan fingerprint density at radius 1 is 1.35 bits per heavy atom. The highest BCUT2D eigenvalue weighted by atomic mass is 32.2. The first-order chi connectivity index (χ1) is 9.50. The monoisotopic (exact) mass is 296 g/mol. The Kier molecular flexibility index (Phi) is 5.18. The van der Waals surface area contributed by atoms with Gasteiger partial charge in [-0.2, -0.15) is 0 Å². The van der Waals surface area contributed by atoms with E-state index in [-0.39, 0.29) is 0 Å². The molecule has 0 spiro atoms. The fraction of sp³-hybridized carbons (Fsp3) is 0.600. The molecule has 1 aromatic carbocycles. The van der Waals surface area contributed by atoms with Gasteiger partial charge in [0.1, 0.15) is 0 Å². The Bertz CT molecular complexity index is 553. The van der Waals surface area contributed by atoms with Gasteiger partial charge in [0.15, 0.2) is 0 Å². The van der Waals surface area contributed by atoms with E-state index in [1.807, 2.05) is 12.1 Å². The summed E-state index contributed by atoms with van der Waals surface area (Å²) in [5, 5.41) is 3.27. The average Bonchev–Trinajstić information content (AvgIpc) is 2.43. The summed E-state index contributed by atoms with van der Waals surface area (Å²) in [6.07, 6.45) is 2.70. The van der Waals surface area contributed by atoms with Crippen molar-refractivity contribution >= 4 is 10.0 Å². The molecule has 0 saturated heterocycles. The van der Waals surface area contributed by atoms with Crippen molar-refractivity contribution in [1.82, 2.24) is 10.0 Å². The molecule has 0 aliphatic carbocycles. The summed E-state index contributed by atoms with van der Waals surface area (Å²) < 4.78 is 27.6. The molecule has 1 aliphatic rings. The number of rotatable bonds is 6. The summed E-state index contributed by atoms with van der Waals surface area (Å²) in [7, 11) is -3.38. The van der Waals surface area contributed by atoms with Gasteiger partial charge in [-0.1, -0.05) is 26.0 Å². The van der Waals surface area contributed by atoms with Crippen LogP contribution in [0, 0.1) is 5.92 Å². The van der Waals surface area contributed by atoms with E-state index in [1.54, 1.807) is 6.07 Å².